The summed E-state index contributed by atoms with van der Waals surface area (Å²) in [5, 5.41) is 4.32. The van der Waals surface area contributed by atoms with Crippen molar-refractivity contribution in [2.45, 2.75) is 30.7 Å². The summed E-state index contributed by atoms with van der Waals surface area (Å²) in [6.07, 6.45) is 0. The Morgan fingerprint density at radius 3 is 2.44 bits per heavy atom. The number of fused-ring (bicyclic) bond motifs is 1. The van der Waals surface area contributed by atoms with Gasteiger partial charge < -0.3 is 0 Å². The summed E-state index contributed by atoms with van der Waals surface area (Å²) in [5.74, 6) is 1.35. The zero-order valence-corrected chi connectivity index (χ0v) is 17.5. The van der Waals surface area contributed by atoms with Gasteiger partial charge in [0.15, 0.2) is 5.16 Å². The molecule has 2 aromatic carbocycles. The van der Waals surface area contributed by atoms with Crippen LogP contribution in [0.4, 0.5) is 0 Å². The van der Waals surface area contributed by atoms with Crippen LogP contribution in [0.2, 0.25) is 5.15 Å². The van der Waals surface area contributed by atoms with Crippen LogP contribution in [0.5, 0.6) is 0 Å². The number of hydrogen-bond donors (Lipinski definition) is 0. The van der Waals surface area contributed by atoms with Crippen molar-refractivity contribution >= 4 is 44.9 Å². The number of benzene rings is 2. The van der Waals surface area contributed by atoms with Gasteiger partial charge in [-0.25, -0.2) is 9.97 Å². The summed E-state index contributed by atoms with van der Waals surface area (Å²) in [7, 11) is 0. The highest BCUT2D eigenvalue weighted by molar-refractivity contribution is 7.98. The highest BCUT2D eigenvalue weighted by Crippen LogP contribution is 2.38. The number of aromatic nitrogens is 2. The molecule has 0 aliphatic heterocycles. The van der Waals surface area contributed by atoms with Crippen LogP contribution in [-0.4, -0.2) is 9.97 Å². The number of thioether (sulfide) groups is 1. The van der Waals surface area contributed by atoms with E-state index in [9.17, 15) is 0 Å². The first kappa shape index (κ1) is 18.5. The molecule has 0 radical (unpaired) electrons. The molecule has 0 bridgehead atoms. The fourth-order valence-electron chi connectivity index (χ4n) is 2.93. The molecule has 0 N–H and O–H groups in total. The molecule has 0 aliphatic carbocycles. The molecule has 0 fully saturated rings. The molecular formula is C22H19ClN2S2. The summed E-state index contributed by atoms with van der Waals surface area (Å²) >= 11 is 9.80. The van der Waals surface area contributed by atoms with Gasteiger partial charge in [-0.05, 0) is 22.6 Å². The van der Waals surface area contributed by atoms with Gasteiger partial charge >= 0.3 is 0 Å². The van der Waals surface area contributed by atoms with Gasteiger partial charge in [-0.15, -0.1) is 11.3 Å². The standard InChI is InChI=1S/C22H19ClN2S2/c1-14(2)16-8-10-17(11-9-16)18-13-26-21-19(18)20(23)24-22(25-21)27-12-15-6-4-3-5-7-15/h3-11,13-14H,12H2,1-2H3. The van der Waals surface area contributed by atoms with E-state index in [0.29, 0.717) is 11.1 Å². The summed E-state index contributed by atoms with van der Waals surface area (Å²) < 4.78 is 0. The molecule has 136 valence electrons. The molecule has 4 rings (SSSR count). The lowest BCUT2D eigenvalue weighted by Crippen LogP contribution is -1.90. The Kier molecular flexibility index (Phi) is 5.48. The van der Waals surface area contributed by atoms with Crippen molar-refractivity contribution in [3.63, 3.8) is 0 Å². The Morgan fingerprint density at radius 2 is 1.74 bits per heavy atom. The smallest absolute Gasteiger partial charge is 0.190 e. The molecule has 0 atom stereocenters. The van der Waals surface area contributed by atoms with E-state index in [1.165, 1.54) is 11.1 Å². The average Bonchev–Trinajstić information content (AvgIpc) is 3.12. The van der Waals surface area contributed by atoms with Crippen molar-refractivity contribution < 1.29 is 0 Å². The molecule has 2 aromatic heterocycles. The molecule has 0 amide bonds. The number of nitrogens with zero attached hydrogens (tertiary/aromatic N) is 2. The molecular weight excluding hydrogens is 392 g/mol. The molecule has 0 aliphatic rings. The van der Waals surface area contributed by atoms with E-state index in [2.05, 4.69) is 60.6 Å². The Labute approximate surface area is 172 Å². The SMILES string of the molecule is CC(C)c1ccc(-c2csc3nc(SCc4ccccc4)nc(Cl)c23)cc1. The molecule has 0 saturated carbocycles. The van der Waals surface area contributed by atoms with Crippen LogP contribution in [0.15, 0.2) is 65.1 Å². The van der Waals surface area contributed by atoms with Crippen LogP contribution in [0.3, 0.4) is 0 Å². The third-order valence-electron chi connectivity index (χ3n) is 4.47. The maximum absolute atomic E-state index is 6.56. The van der Waals surface area contributed by atoms with E-state index in [0.717, 1.165) is 32.3 Å². The quantitative estimate of drug-likeness (QED) is 0.194. The molecule has 27 heavy (non-hydrogen) atoms. The number of hydrogen-bond acceptors (Lipinski definition) is 4. The Balaban J connectivity index is 1.63. The van der Waals surface area contributed by atoms with Crippen LogP contribution >= 0.6 is 34.7 Å². The first-order valence-corrected chi connectivity index (χ1v) is 11.1. The van der Waals surface area contributed by atoms with Gasteiger partial charge in [0.1, 0.15) is 9.98 Å². The molecule has 0 saturated heterocycles. The van der Waals surface area contributed by atoms with Crippen molar-refractivity contribution in [3.05, 3.63) is 76.3 Å². The van der Waals surface area contributed by atoms with E-state index in [1.54, 1.807) is 23.1 Å². The lowest BCUT2D eigenvalue weighted by Gasteiger charge is -2.07. The predicted octanol–water partition coefficient (Wildman–Crippen LogP) is 7.43. The highest BCUT2D eigenvalue weighted by atomic mass is 35.5. The fourth-order valence-corrected chi connectivity index (χ4v) is 5.11. The molecule has 4 aromatic rings. The number of thiophene rings is 1. The van der Waals surface area contributed by atoms with Gasteiger partial charge in [-0.2, -0.15) is 0 Å². The van der Waals surface area contributed by atoms with Crippen LogP contribution < -0.4 is 0 Å². The zero-order chi connectivity index (χ0) is 18.8. The third-order valence-corrected chi connectivity index (χ3v) is 6.53. The van der Waals surface area contributed by atoms with Crippen LogP contribution in [0.25, 0.3) is 21.3 Å². The number of rotatable bonds is 5. The summed E-state index contributed by atoms with van der Waals surface area (Å²) in [6, 6.07) is 19.0. The van der Waals surface area contributed by atoms with E-state index in [1.807, 2.05) is 18.2 Å². The van der Waals surface area contributed by atoms with Crippen molar-refractivity contribution in [3.8, 4) is 11.1 Å². The Hall–Kier alpha value is -1.88. The first-order valence-electron chi connectivity index (χ1n) is 8.83. The minimum Gasteiger partial charge on any atom is -0.211 e. The highest BCUT2D eigenvalue weighted by Gasteiger charge is 2.15. The second-order valence-corrected chi connectivity index (χ2v) is 8.84. The van der Waals surface area contributed by atoms with E-state index < -0.39 is 0 Å². The fraction of sp³-hybridized carbons (Fsp3) is 0.182. The lowest BCUT2D eigenvalue weighted by atomic mass is 9.99. The summed E-state index contributed by atoms with van der Waals surface area (Å²) in [4.78, 5) is 10.2. The molecule has 5 heteroatoms. The molecule has 0 spiro atoms. The summed E-state index contributed by atoms with van der Waals surface area (Å²) in [6.45, 7) is 4.41. The largest absolute Gasteiger partial charge is 0.211 e. The molecule has 2 heterocycles. The Bertz CT molecular complexity index is 1060. The average molecular weight is 411 g/mol. The van der Waals surface area contributed by atoms with E-state index >= 15 is 0 Å². The molecule has 0 unspecified atom stereocenters. The first-order chi connectivity index (χ1) is 13.1. The predicted molar refractivity (Wildman–Crippen MR) is 118 cm³/mol. The topological polar surface area (TPSA) is 25.8 Å². The lowest BCUT2D eigenvalue weighted by molar-refractivity contribution is 0.867. The maximum atomic E-state index is 6.56. The van der Waals surface area contributed by atoms with Gasteiger partial charge in [0, 0.05) is 16.7 Å². The van der Waals surface area contributed by atoms with Crippen molar-refractivity contribution in [2.75, 3.05) is 0 Å². The zero-order valence-electron chi connectivity index (χ0n) is 15.1. The normalized spacial score (nSPS) is 11.4. The second-order valence-electron chi connectivity index (χ2n) is 6.68. The Morgan fingerprint density at radius 1 is 1.00 bits per heavy atom. The van der Waals surface area contributed by atoms with Crippen LogP contribution in [0, 0.1) is 0 Å². The van der Waals surface area contributed by atoms with Gasteiger partial charge in [-0.3, -0.25) is 0 Å². The maximum Gasteiger partial charge on any atom is 0.190 e. The van der Waals surface area contributed by atoms with Crippen LogP contribution in [0.1, 0.15) is 30.9 Å². The van der Waals surface area contributed by atoms with Gasteiger partial charge in [0.05, 0.1) is 5.39 Å². The van der Waals surface area contributed by atoms with Gasteiger partial charge in [-0.1, -0.05) is 91.8 Å². The van der Waals surface area contributed by atoms with Crippen molar-refractivity contribution in [1.29, 1.82) is 0 Å². The summed E-state index contributed by atoms with van der Waals surface area (Å²) in [5.41, 5.74) is 4.84. The minimum atomic E-state index is 0.523. The monoisotopic (exact) mass is 410 g/mol. The van der Waals surface area contributed by atoms with Crippen molar-refractivity contribution in [1.82, 2.24) is 9.97 Å². The van der Waals surface area contributed by atoms with Gasteiger partial charge in [0.25, 0.3) is 0 Å². The second kappa shape index (κ2) is 8.01. The van der Waals surface area contributed by atoms with Crippen LogP contribution in [-0.2, 0) is 5.75 Å². The van der Waals surface area contributed by atoms with E-state index in [4.69, 9.17) is 16.6 Å². The minimum absolute atomic E-state index is 0.523. The number of halogens is 1. The third kappa shape index (κ3) is 4.03. The molecule has 2 nitrogen and oxygen atoms in total. The van der Waals surface area contributed by atoms with Gasteiger partial charge in [0.2, 0.25) is 0 Å². The van der Waals surface area contributed by atoms with E-state index in [-0.39, 0.29) is 0 Å². The van der Waals surface area contributed by atoms with Crippen molar-refractivity contribution in [2.24, 2.45) is 0 Å².